The zero-order chi connectivity index (χ0) is 9.90. The standard InChI is InChI=1S/C9H14O4/c1-7-8(5-6-13-7)9(10-2,11-3)12-4/h5-6H,1-4H3. The molecule has 0 spiro atoms. The first-order valence-electron chi connectivity index (χ1n) is 3.90. The number of rotatable bonds is 4. The van der Waals surface area contributed by atoms with Crippen molar-refractivity contribution in [3.63, 3.8) is 0 Å². The van der Waals surface area contributed by atoms with E-state index >= 15 is 0 Å². The van der Waals surface area contributed by atoms with Crippen molar-refractivity contribution in [2.75, 3.05) is 21.3 Å². The van der Waals surface area contributed by atoms with Crippen molar-refractivity contribution < 1.29 is 18.6 Å². The molecule has 0 aliphatic heterocycles. The summed E-state index contributed by atoms with van der Waals surface area (Å²) in [4.78, 5) is 0. The third-order valence-corrected chi connectivity index (χ3v) is 1.99. The molecule has 4 heteroatoms. The molecule has 0 atom stereocenters. The molecule has 0 N–H and O–H groups in total. The van der Waals surface area contributed by atoms with Gasteiger partial charge in [-0.1, -0.05) is 0 Å². The highest BCUT2D eigenvalue weighted by Gasteiger charge is 2.35. The minimum Gasteiger partial charge on any atom is -0.469 e. The van der Waals surface area contributed by atoms with Crippen molar-refractivity contribution in [2.24, 2.45) is 0 Å². The van der Waals surface area contributed by atoms with Gasteiger partial charge in [-0.3, -0.25) is 0 Å². The minimum absolute atomic E-state index is 0.713. The molecule has 0 radical (unpaired) electrons. The molecule has 0 saturated carbocycles. The molecule has 0 bridgehead atoms. The summed E-state index contributed by atoms with van der Waals surface area (Å²) in [5.41, 5.74) is 0.736. The number of aryl methyl sites for hydroxylation is 1. The Bertz CT molecular complexity index is 254. The van der Waals surface area contributed by atoms with Gasteiger partial charge in [0.25, 0.3) is 0 Å². The summed E-state index contributed by atoms with van der Waals surface area (Å²) in [6, 6.07) is 1.76. The van der Waals surface area contributed by atoms with Gasteiger partial charge in [-0.15, -0.1) is 0 Å². The maximum Gasteiger partial charge on any atom is 0.314 e. The second-order valence-electron chi connectivity index (χ2n) is 2.56. The third-order valence-electron chi connectivity index (χ3n) is 1.99. The summed E-state index contributed by atoms with van der Waals surface area (Å²) >= 11 is 0. The van der Waals surface area contributed by atoms with Gasteiger partial charge >= 0.3 is 5.97 Å². The van der Waals surface area contributed by atoms with Crippen LogP contribution < -0.4 is 0 Å². The predicted molar refractivity (Wildman–Crippen MR) is 46.2 cm³/mol. The van der Waals surface area contributed by atoms with Gasteiger partial charge in [0.15, 0.2) is 0 Å². The van der Waals surface area contributed by atoms with E-state index in [9.17, 15) is 0 Å². The molecule has 74 valence electrons. The largest absolute Gasteiger partial charge is 0.469 e. The molecular weight excluding hydrogens is 172 g/mol. The van der Waals surface area contributed by atoms with Gasteiger partial charge in [0.2, 0.25) is 0 Å². The maximum atomic E-state index is 5.16. The van der Waals surface area contributed by atoms with Crippen molar-refractivity contribution in [1.82, 2.24) is 0 Å². The lowest BCUT2D eigenvalue weighted by Gasteiger charge is -2.27. The van der Waals surface area contributed by atoms with E-state index in [1.165, 1.54) is 21.3 Å². The topological polar surface area (TPSA) is 40.8 Å². The van der Waals surface area contributed by atoms with Crippen molar-refractivity contribution in [1.29, 1.82) is 0 Å². The first-order chi connectivity index (χ1) is 6.20. The van der Waals surface area contributed by atoms with Crippen LogP contribution >= 0.6 is 0 Å². The van der Waals surface area contributed by atoms with Crippen LogP contribution in [0.25, 0.3) is 0 Å². The van der Waals surface area contributed by atoms with Crippen LogP contribution in [-0.2, 0) is 20.2 Å². The number of furan rings is 1. The summed E-state index contributed by atoms with van der Waals surface area (Å²) in [6.07, 6.45) is 1.57. The lowest BCUT2D eigenvalue weighted by molar-refractivity contribution is -0.365. The van der Waals surface area contributed by atoms with Gasteiger partial charge in [-0.05, 0) is 13.0 Å². The first-order valence-corrected chi connectivity index (χ1v) is 3.90. The number of methoxy groups -OCH3 is 3. The fourth-order valence-electron chi connectivity index (χ4n) is 1.28. The summed E-state index contributed by atoms with van der Waals surface area (Å²) < 4.78 is 20.6. The minimum atomic E-state index is -1.16. The van der Waals surface area contributed by atoms with E-state index in [0.29, 0.717) is 5.76 Å². The Morgan fingerprint density at radius 2 is 1.69 bits per heavy atom. The summed E-state index contributed by atoms with van der Waals surface area (Å²) in [5.74, 6) is -0.442. The Balaban J connectivity index is 3.07. The lowest BCUT2D eigenvalue weighted by Crippen LogP contribution is -2.33. The Morgan fingerprint density at radius 1 is 1.15 bits per heavy atom. The van der Waals surface area contributed by atoms with E-state index in [-0.39, 0.29) is 0 Å². The monoisotopic (exact) mass is 186 g/mol. The van der Waals surface area contributed by atoms with Crippen LogP contribution in [0.1, 0.15) is 11.3 Å². The lowest BCUT2D eigenvalue weighted by atomic mass is 10.2. The fraction of sp³-hybridized carbons (Fsp3) is 0.556. The molecule has 1 rings (SSSR count). The van der Waals surface area contributed by atoms with Gasteiger partial charge < -0.3 is 18.6 Å². The number of hydrogen-bond donors (Lipinski definition) is 0. The highest BCUT2D eigenvalue weighted by atomic mass is 16.9. The summed E-state index contributed by atoms with van der Waals surface area (Å²) in [6.45, 7) is 1.82. The zero-order valence-corrected chi connectivity index (χ0v) is 8.29. The van der Waals surface area contributed by atoms with Crippen LogP contribution in [0.4, 0.5) is 0 Å². The third kappa shape index (κ3) is 1.60. The fourth-order valence-corrected chi connectivity index (χ4v) is 1.28. The smallest absolute Gasteiger partial charge is 0.314 e. The Labute approximate surface area is 77.4 Å². The van der Waals surface area contributed by atoms with Crippen LogP contribution in [0.2, 0.25) is 0 Å². The molecule has 1 heterocycles. The molecule has 0 amide bonds. The van der Waals surface area contributed by atoms with Crippen LogP contribution in [-0.4, -0.2) is 21.3 Å². The van der Waals surface area contributed by atoms with E-state index in [1.54, 1.807) is 12.3 Å². The van der Waals surface area contributed by atoms with E-state index in [2.05, 4.69) is 0 Å². The number of ether oxygens (including phenoxy) is 3. The highest BCUT2D eigenvalue weighted by Crippen LogP contribution is 2.29. The average Bonchev–Trinajstić information content (AvgIpc) is 2.57. The summed E-state index contributed by atoms with van der Waals surface area (Å²) in [5, 5.41) is 0. The van der Waals surface area contributed by atoms with Crippen LogP contribution in [0, 0.1) is 6.92 Å². The van der Waals surface area contributed by atoms with E-state index in [4.69, 9.17) is 18.6 Å². The average molecular weight is 186 g/mol. The van der Waals surface area contributed by atoms with Crippen molar-refractivity contribution >= 4 is 0 Å². The van der Waals surface area contributed by atoms with Crippen LogP contribution in [0.5, 0.6) is 0 Å². The van der Waals surface area contributed by atoms with E-state index in [0.717, 1.165) is 5.56 Å². The van der Waals surface area contributed by atoms with Gasteiger partial charge in [0, 0.05) is 21.3 Å². The maximum absolute atomic E-state index is 5.16. The molecule has 0 fully saturated rings. The van der Waals surface area contributed by atoms with E-state index in [1.807, 2.05) is 6.92 Å². The molecule has 0 unspecified atom stereocenters. The quantitative estimate of drug-likeness (QED) is 0.670. The Hall–Kier alpha value is -0.840. The zero-order valence-electron chi connectivity index (χ0n) is 8.29. The Kier molecular flexibility index (Phi) is 3.08. The second kappa shape index (κ2) is 3.91. The van der Waals surface area contributed by atoms with Crippen molar-refractivity contribution in [3.05, 3.63) is 23.7 Å². The second-order valence-corrected chi connectivity index (χ2v) is 2.56. The molecule has 1 aromatic heterocycles. The molecule has 0 saturated heterocycles. The number of hydrogen-bond acceptors (Lipinski definition) is 4. The molecular formula is C9H14O4. The molecule has 0 aromatic carbocycles. The summed E-state index contributed by atoms with van der Waals surface area (Å²) in [7, 11) is 4.54. The molecule has 1 aromatic rings. The van der Waals surface area contributed by atoms with Crippen molar-refractivity contribution in [3.8, 4) is 0 Å². The van der Waals surface area contributed by atoms with Crippen LogP contribution in [0.3, 0.4) is 0 Å². The Morgan fingerprint density at radius 3 is 2.00 bits per heavy atom. The van der Waals surface area contributed by atoms with Crippen LogP contribution in [0.15, 0.2) is 16.7 Å². The normalized spacial score (nSPS) is 12.0. The van der Waals surface area contributed by atoms with E-state index < -0.39 is 5.97 Å². The van der Waals surface area contributed by atoms with Crippen molar-refractivity contribution in [2.45, 2.75) is 12.9 Å². The van der Waals surface area contributed by atoms with Gasteiger partial charge in [-0.25, -0.2) is 0 Å². The highest BCUT2D eigenvalue weighted by molar-refractivity contribution is 5.19. The predicted octanol–water partition coefficient (Wildman–Crippen LogP) is 1.64. The van der Waals surface area contributed by atoms with Gasteiger partial charge in [0.05, 0.1) is 11.8 Å². The first kappa shape index (κ1) is 10.2. The molecule has 0 aliphatic carbocycles. The van der Waals surface area contributed by atoms with Gasteiger partial charge in [0.1, 0.15) is 5.76 Å². The SMILES string of the molecule is COC(OC)(OC)c1ccoc1C. The molecule has 13 heavy (non-hydrogen) atoms. The van der Waals surface area contributed by atoms with Gasteiger partial charge in [-0.2, -0.15) is 0 Å². The molecule has 0 aliphatic rings. The molecule has 4 nitrogen and oxygen atoms in total.